The molecule has 2 unspecified atom stereocenters. The third-order valence-electron chi connectivity index (χ3n) is 7.82. The summed E-state index contributed by atoms with van der Waals surface area (Å²) in [4.78, 5) is 14.9. The van der Waals surface area contributed by atoms with Crippen molar-refractivity contribution in [2.75, 3.05) is 5.32 Å². The highest BCUT2D eigenvalue weighted by atomic mass is 35.5. The van der Waals surface area contributed by atoms with Crippen molar-refractivity contribution in [2.45, 2.75) is 75.4 Å². The van der Waals surface area contributed by atoms with Crippen LogP contribution in [-0.4, -0.2) is 34.3 Å². The number of aromatic nitrogens is 1. The smallest absolute Gasteiger partial charge is 0.373 e. The number of hydrogen-bond donors (Lipinski definition) is 1. The van der Waals surface area contributed by atoms with Crippen molar-refractivity contribution in [3.63, 3.8) is 0 Å². The van der Waals surface area contributed by atoms with Gasteiger partial charge in [-0.25, -0.2) is 4.79 Å². The number of fused-ring (bicyclic) bond motifs is 2. The fourth-order valence-corrected chi connectivity index (χ4v) is 6.35. The number of amides is 2. The number of ether oxygens (including phenoxy) is 1. The quantitative estimate of drug-likeness (QED) is 0.319. The normalized spacial score (nSPS) is 22.8. The van der Waals surface area contributed by atoms with E-state index in [4.69, 9.17) is 32.5 Å². The van der Waals surface area contributed by atoms with Gasteiger partial charge in [-0.2, -0.15) is 13.2 Å². The first kappa shape index (κ1) is 26.5. The lowest BCUT2D eigenvalue weighted by molar-refractivity contribution is -0.137. The summed E-state index contributed by atoms with van der Waals surface area (Å²) in [5.41, 5.74) is 1.67. The number of nitrogens with one attached hydrogen (secondary N) is 1. The molecule has 3 aliphatic rings. The third-order valence-corrected chi connectivity index (χ3v) is 8.45. The molecule has 0 spiro atoms. The van der Waals surface area contributed by atoms with Crippen LogP contribution in [0.5, 0.6) is 0 Å². The van der Waals surface area contributed by atoms with Crippen molar-refractivity contribution in [3.8, 4) is 11.3 Å². The molecule has 0 radical (unpaired) electrons. The summed E-state index contributed by atoms with van der Waals surface area (Å²) in [5.74, 6) is 1.13. The second kappa shape index (κ2) is 10.3. The Balaban J connectivity index is 1.12. The molecular formula is C28H26Cl2F3N3O3. The molecule has 3 aromatic rings. The highest BCUT2D eigenvalue weighted by Crippen LogP contribution is 2.46. The maximum atomic E-state index is 13.1. The minimum Gasteiger partial charge on any atom is -0.373 e. The Morgan fingerprint density at radius 1 is 1.03 bits per heavy atom. The van der Waals surface area contributed by atoms with E-state index in [2.05, 4.69) is 10.5 Å². The second-order valence-electron chi connectivity index (χ2n) is 10.4. The number of carbonyl (C=O) groups is 1. The largest absolute Gasteiger partial charge is 0.416 e. The fraction of sp³-hybridized carbons (Fsp3) is 0.429. The number of hydrogen-bond acceptors (Lipinski definition) is 4. The molecule has 3 heterocycles. The zero-order valence-corrected chi connectivity index (χ0v) is 22.3. The summed E-state index contributed by atoms with van der Waals surface area (Å²) >= 11 is 12.9. The zero-order chi connectivity index (χ0) is 27.3. The van der Waals surface area contributed by atoms with Crippen molar-refractivity contribution in [2.24, 2.45) is 0 Å². The van der Waals surface area contributed by atoms with Gasteiger partial charge in [0.1, 0.15) is 11.5 Å². The van der Waals surface area contributed by atoms with E-state index in [1.54, 1.807) is 18.2 Å². The molecule has 2 aromatic carbocycles. The number of urea groups is 1. The number of alkyl halides is 3. The van der Waals surface area contributed by atoms with Crippen LogP contribution in [0.3, 0.4) is 0 Å². The molecule has 6 rings (SSSR count). The van der Waals surface area contributed by atoms with Gasteiger partial charge in [0.25, 0.3) is 0 Å². The summed E-state index contributed by atoms with van der Waals surface area (Å²) in [7, 11) is 0. The van der Waals surface area contributed by atoms with E-state index in [0.29, 0.717) is 52.4 Å². The van der Waals surface area contributed by atoms with Crippen molar-refractivity contribution < 1.29 is 27.2 Å². The molecule has 6 nitrogen and oxygen atoms in total. The van der Waals surface area contributed by atoms with Crippen molar-refractivity contribution >= 4 is 34.9 Å². The van der Waals surface area contributed by atoms with Crippen molar-refractivity contribution in [3.05, 3.63) is 69.4 Å². The predicted molar refractivity (Wildman–Crippen MR) is 141 cm³/mol. The monoisotopic (exact) mass is 579 g/mol. The summed E-state index contributed by atoms with van der Waals surface area (Å²) in [6.07, 6.45) is 0.637. The van der Waals surface area contributed by atoms with Gasteiger partial charge in [-0.1, -0.05) is 34.4 Å². The summed E-state index contributed by atoms with van der Waals surface area (Å²) < 4.78 is 50.7. The average Bonchev–Trinajstić information content (AvgIpc) is 3.59. The Kier molecular flexibility index (Phi) is 7.02. The predicted octanol–water partition coefficient (Wildman–Crippen LogP) is 8.29. The molecule has 2 atom stereocenters. The van der Waals surface area contributed by atoms with Gasteiger partial charge >= 0.3 is 12.2 Å². The first-order chi connectivity index (χ1) is 18.7. The lowest BCUT2D eigenvalue weighted by atomic mass is 9.99. The first-order valence-electron chi connectivity index (χ1n) is 13.0. The number of carbonyl (C=O) groups excluding carboxylic acids is 1. The van der Waals surface area contributed by atoms with Crippen LogP contribution < -0.4 is 5.32 Å². The Morgan fingerprint density at radius 3 is 2.26 bits per heavy atom. The van der Waals surface area contributed by atoms with E-state index in [1.807, 2.05) is 4.90 Å². The topological polar surface area (TPSA) is 67.6 Å². The number of anilines is 1. The van der Waals surface area contributed by atoms with Crippen LogP contribution in [0.2, 0.25) is 10.0 Å². The third kappa shape index (κ3) is 5.36. The molecular weight excluding hydrogens is 554 g/mol. The van der Waals surface area contributed by atoms with Crippen LogP contribution in [0.1, 0.15) is 61.3 Å². The Labute approximate surface area is 233 Å². The number of halogens is 5. The van der Waals surface area contributed by atoms with E-state index >= 15 is 0 Å². The molecule has 2 bridgehead atoms. The van der Waals surface area contributed by atoms with Gasteiger partial charge in [-0.15, -0.1) is 0 Å². The Hall–Kier alpha value is -2.75. The number of piperidine rings is 1. The molecule has 2 aliphatic heterocycles. The molecule has 1 N–H and O–H groups in total. The lowest BCUT2D eigenvalue weighted by Gasteiger charge is -2.38. The van der Waals surface area contributed by atoms with E-state index in [0.717, 1.165) is 49.1 Å². The van der Waals surface area contributed by atoms with E-state index in [1.165, 1.54) is 12.1 Å². The van der Waals surface area contributed by atoms with E-state index in [9.17, 15) is 18.0 Å². The maximum absolute atomic E-state index is 13.1. The summed E-state index contributed by atoms with van der Waals surface area (Å²) in [5, 5.41) is 8.06. The molecule has 11 heteroatoms. The fourth-order valence-electron chi connectivity index (χ4n) is 5.77. The molecule has 206 valence electrons. The van der Waals surface area contributed by atoms with Crippen molar-refractivity contribution in [1.29, 1.82) is 0 Å². The molecule has 2 amide bonds. The van der Waals surface area contributed by atoms with Gasteiger partial charge in [0.15, 0.2) is 0 Å². The maximum Gasteiger partial charge on any atom is 0.416 e. The van der Waals surface area contributed by atoms with Crippen LogP contribution in [0.4, 0.5) is 23.7 Å². The highest BCUT2D eigenvalue weighted by molar-refractivity contribution is 6.39. The average molecular weight is 580 g/mol. The van der Waals surface area contributed by atoms with Crippen LogP contribution in [0.15, 0.2) is 47.0 Å². The van der Waals surface area contributed by atoms with Gasteiger partial charge in [0.2, 0.25) is 0 Å². The minimum absolute atomic E-state index is 0.00828. The molecule has 39 heavy (non-hydrogen) atoms. The minimum atomic E-state index is -4.42. The second-order valence-corrected chi connectivity index (χ2v) is 11.3. The molecule has 1 saturated carbocycles. The van der Waals surface area contributed by atoms with Crippen LogP contribution in [0.25, 0.3) is 11.3 Å². The standard InChI is InChI=1S/C28H26Cl2F3N3O3/c29-22-2-1-3-23(30)24(22)25-21(26(39-35-25)15-4-5-15)14-38-20-12-18-10-11-19(13-20)36(18)27(37)34-17-8-6-16(7-9-17)28(31,32)33/h1-3,6-9,15,18-20H,4-5,10-14H2,(H,34,37). The van der Waals surface area contributed by atoms with Crippen molar-refractivity contribution in [1.82, 2.24) is 10.1 Å². The van der Waals surface area contributed by atoms with Crippen LogP contribution in [0, 0.1) is 0 Å². The number of nitrogens with zero attached hydrogens (tertiary/aromatic N) is 2. The number of benzene rings is 2. The van der Waals surface area contributed by atoms with Crippen LogP contribution >= 0.6 is 23.2 Å². The first-order valence-corrected chi connectivity index (χ1v) is 13.8. The van der Waals surface area contributed by atoms with Gasteiger partial charge in [0, 0.05) is 34.8 Å². The van der Waals surface area contributed by atoms with Gasteiger partial charge in [-0.3, -0.25) is 0 Å². The SMILES string of the molecule is O=C(Nc1ccc(C(F)(F)F)cc1)N1C2CCC1CC(OCc1c(-c3c(Cl)cccc3Cl)noc1C1CC1)C2. The van der Waals surface area contributed by atoms with Gasteiger partial charge in [-0.05, 0) is 74.9 Å². The lowest BCUT2D eigenvalue weighted by Crippen LogP contribution is -2.50. The Bertz CT molecular complexity index is 1340. The van der Waals surface area contributed by atoms with Crippen LogP contribution in [-0.2, 0) is 17.5 Å². The molecule has 1 aromatic heterocycles. The van der Waals surface area contributed by atoms with E-state index in [-0.39, 0.29) is 24.2 Å². The highest BCUT2D eigenvalue weighted by Gasteiger charge is 2.44. The molecule has 3 fully saturated rings. The van der Waals surface area contributed by atoms with E-state index < -0.39 is 11.7 Å². The molecule has 2 saturated heterocycles. The number of rotatable bonds is 6. The summed E-state index contributed by atoms with van der Waals surface area (Å²) in [6, 6.07) is 9.48. The van der Waals surface area contributed by atoms with Gasteiger partial charge in [0.05, 0.1) is 28.3 Å². The summed E-state index contributed by atoms with van der Waals surface area (Å²) in [6.45, 7) is 0.300. The molecule has 1 aliphatic carbocycles. The Morgan fingerprint density at radius 2 is 1.67 bits per heavy atom. The zero-order valence-electron chi connectivity index (χ0n) is 20.8. The van der Waals surface area contributed by atoms with Gasteiger partial charge < -0.3 is 19.5 Å².